The number of carbonyl (C=O) groups is 2. The van der Waals surface area contributed by atoms with E-state index >= 15 is 0 Å². The summed E-state index contributed by atoms with van der Waals surface area (Å²) in [4.78, 5) is 22.2. The average molecular weight is 285 g/mol. The Labute approximate surface area is 111 Å². The zero-order valence-corrected chi connectivity index (χ0v) is 11.5. The van der Waals surface area contributed by atoms with Crippen LogP contribution in [0.3, 0.4) is 0 Å². The molecule has 7 heteroatoms. The van der Waals surface area contributed by atoms with Crippen LogP contribution in [0.25, 0.3) is 0 Å². The average Bonchev–Trinajstić information content (AvgIpc) is 2.27. The van der Waals surface area contributed by atoms with Crippen LogP contribution >= 0.6 is 0 Å². The Morgan fingerprint density at radius 2 is 1.89 bits per heavy atom. The molecule has 0 bridgehead atoms. The summed E-state index contributed by atoms with van der Waals surface area (Å²) >= 11 is 0. The van der Waals surface area contributed by atoms with Gasteiger partial charge in [0.2, 0.25) is 5.91 Å². The topological polar surface area (TPSA) is 101 Å². The van der Waals surface area contributed by atoms with Gasteiger partial charge in [-0.25, -0.2) is 13.2 Å². The van der Waals surface area contributed by atoms with Crippen LogP contribution in [0.15, 0.2) is 23.1 Å². The molecule has 1 aromatic rings. The maximum atomic E-state index is 11.5. The summed E-state index contributed by atoms with van der Waals surface area (Å²) in [5, 5.41) is 11.4. The Morgan fingerprint density at radius 3 is 2.37 bits per heavy atom. The number of carboxylic acids is 1. The van der Waals surface area contributed by atoms with Crippen LogP contribution in [0, 0.1) is 0 Å². The molecule has 0 saturated carbocycles. The van der Waals surface area contributed by atoms with Crippen molar-refractivity contribution in [2.75, 3.05) is 11.6 Å². The number of sulfone groups is 1. The predicted molar refractivity (Wildman–Crippen MR) is 70.0 cm³/mol. The Bertz CT molecular complexity index is 607. The molecule has 1 rings (SSSR count). The van der Waals surface area contributed by atoms with Crippen LogP contribution in [0.1, 0.15) is 30.1 Å². The standard InChI is InChI=1S/C12H15NO5S/c1-3-4-11(14)13-9-5-8(12(15)16)6-10(7-9)19(2,17)18/h5-7H,3-4H2,1-2H3,(H,13,14)(H,15,16). The van der Waals surface area contributed by atoms with E-state index in [2.05, 4.69) is 5.32 Å². The lowest BCUT2D eigenvalue weighted by molar-refractivity contribution is -0.116. The van der Waals surface area contributed by atoms with E-state index in [-0.39, 0.29) is 28.5 Å². The van der Waals surface area contributed by atoms with Gasteiger partial charge in [-0.05, 0) is 24.6 Å². The molecular weight excluding hydrogens is 270 g/mol. The van der Waals surface area contributed by atoms with E-state index in [1.807, 2.05) is 6.92 Å². The van der Waals surface area contributed by atoms with Gasteiger partial charge in [0.05, 0.1) is 10.5 Å². The smallest absolute Gasteiger partial charge is 0.335 e. The summed E-state index contributed by atoms with van der Waals surface area (Å²) in [6.07, 6.45) is 1.90. The molecule has 0 fully saturated rings. The molecule has 0 aliphatic heterocycles. The molecule has 0 aliphatic rings. The summed E-state index contributed by atoms with van der Waals surface area (Å²) in [6.45, 7) is 1.83. The number of aromatic carboxylic acids is 1. The van der Waals surface area contributed by atoms with Crippen molar-refractivity contribution < 1.29 is 23.1 Å². The van der Waals surface area contributed by atoms with Crippen molar-refractivity contribution in [2.24, 2.45) is 0 Å². The highest BCUT2D eigenvalue weighted by molar-refractivity contribution is 7.90. The fourth-order valence-electron chi connectivity index (χ4n) is 1.46. The second-order valence-electron chi connectivity index (χ2n) is 4.12. The van der Waals surface area contributed by atoms with E-state index in [9.17, 15) is 18.0 Å². The van der Waals surface area contributed by atoms with Gasteiger partial charge < -0.3 is 10.4 Å². The Balaban J connectivity index is 3.21. The molecule has 19 heavy (non-hydrogen) atoms. The minimum absolute atomic E-state index is 0.140. The number of carboxylic acid groups (broad SMARTS) is 1. The first kappa shape index (κ1) is 15.2. The van der Waals surface area contributed by atoms with Crippen molar-refractivity contribution >= 4 is 27.4 Å². The lowest BCUT2D eigenvalue weighted by Crippen LogP contribution is -2.12. The number of carbonyl (C=O) groups excluding carboxylic acids is 1. The van der Waals surface area contributed by atoms with E-state index < -0.39 is 15.8 Å². The van der Waals surface area contributed by atoms with Gasteiger partial charge in [-0.2, -0.15) is 0 Å². The SMILES string of the molecule is CCCC(=O)Nc1cc(C(=O)O)cc(S(C)(=O)=O)c1. The summed E-state index contributed by atoms with van der Waals surface area (Å²) in [5.41, 5.74) is -0.0199. The normalized spacial score (nSPS) is 11.1. The van der Waals surface area contributed by atoms with Crippen molar-refractivity contribution in [1.82, 2.24) is 0 Å². The zero-order valence-electron chi connectivity index (χ0n) is 10.6. The molecule has 0 saturated heterocycles. The summed E-state index contributed by atoms with van der Waals surface area (Å²) in [5.74, 6) is -1.54. The van der Waals surface area contributed by atoms with Gasteiger partial charge in [0, 0.05) is 18.4 Å². The van der Waals surface area contributed by atoms with Gasteiger partial charge in [0.1, 0.15) is 0 Å². The molecule has 0 heterocycles. The lowest BCUT2D eigenvalue weighted by Gasteiger charge is -2.08. The van der Waals surface area contributed by atoms with E-state index in [0.29, 0.717) is 6.42 Å². The third-order valence-corrected chi connectivity index (χ3v) is 3.43. The van der Waals surface area contributed by atoms with Crippen LogP contribution in [0.5, 0.6) is 0 Å². The van der Waals surface area contributed by atoms with Gasteiger partial charge >= 0.3 is 5.97 Å². The third-order valence-electron chi connectivity index (χ3n) is 2.34. The van der Waals surface area contributed by atoms with Gasteiger partial charge in [0.15, 0.2) is 9.84 Å². The number of amides is 1. The van der Waals surface area contributed by atoms with Crippen molar-refractivity contribution in [1.29, 1.82) is 0 Å². The molecule has 6 nitrogen and oxygen atoms in total. The minimum Gasteiger partial charge on any atom is -0.478 e. The first-order valence-corrected chi connectivity index (χ1v) is 7.51. The fraction of sp³-hybridized carbons (Fsp3) is 0.333. The molecule has 0 unspecified atom stereocenters. The van der Waals surface area contributed by atoms with Crippen LogP contribution in [0.2, 0.25) is 0 Å². The maximum Gasteiger partial charge on any atom is 0.335 e. The zero-order chi connectivity index (χ0) is 14.6. The molecule has 0 atom stereocenters. The number of hydrogen-bond donors (Lipinski definition) is 2. The number of nitrogens with one attached hydrogen (secondary N) is 1. The molecule has 1 aromatic carbocycles. The second-order valence-corrected chi connectivity index (χ2v) is 6.14. The van der Waals surface area contributed by atoms with Crippen molar-refractivity contribution in [3.63, 3.8) is 0 Å². The number of rotatable bonds is 5. The van der Waals surface area contributed by atoms with E-state index in [0.717, 1.165) is 12.3 Å². The molecule has 0 aliphatic carbocycles. The number of benzene rings is 1. The quantitative estimate of drug-likeness (QED) is 0.854. The molecule has 2 N–H and O–H groups in total. The molecular formula is C12H15NO5S. The second kappa shape index (κ2) is 5.83. The molecule has 1 amide bonds. The van der Waals surface area contributed by atoms with Gasteiger partial charge in [0.25, 0.3) is 0 Å². The van der Waals surface area contributed by atoms with Crippen LogP contribution in [-0.2, 0) is 14.6 Å². The van der Waals surface area contributed by atoms with E-state index in [1.165, 1.54) is 12.1 Å². The first-order valence-electron chi connectivity index (χ1n) is 5.62. The maximum absolute atomic E-state index is 11.5. The Hall–Kier alpha value is -1.89. The highest BCUT2D eigenvalue weighted by atomic mass is 32.2. The molecule has 0 aromatic heterocycles. The van der Waals surface area contributed by atoms with Crippen molar-refractivity contribution in [3.8, 4) is 0 Å². The van der Waals surface area contributed by atoms with Crippen LogP contribution in [-0.4, -0.2) is 31.7 Å². The lowest BCUT2D eigenvalue weighted by atomic mass is 10.2. The van der Waals surface area contributed by atoms with Crippen LogP contribution < -0.4 is 5.32 Å². The predicted octanol–water partition coefficient (Wildman–Crippen LogP) is 1.53. The Morgan fingerprint density at radius 1 is 1.26 bits per heavy atom. The van der Waals surface area contributed by atoms with Gasteiger partial charge in [-0.3, -0.25) is 4.79 Å². The van der Waals surface area contributed by atoms with Crippen LogP contribution in [0.4, 0.5) is 5.69 Å². The number of anilines is 1. The van der Waals surface area contributed by atoms with E-state index in [1.54, 1.807) is 0 Å². The van der Waals surface area contributed by atoms with Gasteiger partial charge in [-0.15, -0.1) is 0 Å². The third kappa shape index (κ3) is 4.36. The monoisotopic (exact) mass is 285 g/mol. The van der Waals surface area contributed by atoms with Gasteiger partial charge in [-0.1, -0.05) is 6.92 Å². The highest BCUT2D eigenvalue weighted by Crippen LogP contribution is 2.19. The minimum atomic E-state index is -3.54. The molecule has 0 radical (unpaired) electrons. The number of hydrogen-bond acceptors (Lipinski definition) is 4. The fourth-order valence-corrected chi connectivity index (χ4v) is 2.14. The highest BCUT2D eigenvalue weighted by Gasteiger charge is 2.14. The van der Waals surface area contributed by atoms with Crippen molar-refractivity contribution in [2.45, 2.75) is 24.7 Å². The summed E-state index contributed by atoms with van der Waals surface area (Å²) < 4.78 is 22.9. The molecule has 0 spiro atoms. The largest absolute Gasteiger partial charge is 0.478 e. The molecule has 104 valence electrons. The summed E-state index contributed by atoms with van der Waals surface area (Å²) in [7, 11) is -3.54. The van der Waals surface area contributed by atoms with Crippen molar-refractivity contribution in [3.05, 3.63) is 23.8 Å². The summed E-state index contributed by atoms with van der Waals surface area (Å²) in [6, 6.07) is 3.53. The van der Waals surface area contributed by atoms with E-state index in [4.69, 9.17) is 5.11 Å². The first-order chi connectivity index (χ1) is 8.74. The Kier molecular flexibility index (Phi) is 4.66.